The number of halogens is 1. The molecular weight excluding hydrogens is 353 g/mol. The van der Waals surface area contributed by atoms with Crippen molar-refractivity contribution in [1.29, 1.82) is 0 Å². The van der Waals surface area contributed by atoms with Crippen molar-refractivity contribution in [2.75, 3.05) is 6.54 Å². The molecule has 0 saturated carbocycles. The molecule has 1 N–H and O–H groups in total. The van der Waals surface area contributed by atoms with Crippen molar-refractivity contribution >= 4 is 16.9 Å². The average Bonchev–Trinajstić information content (AvgIpc) is 3.07. The monoisotopic (exact) mass is 373 g/mol. The molecule has 1 amide bonds. The summed E-state index contributed by atoms with van der Waals surface area (Å²) in [5.41, 5.74) is 3.66. The third-order valence-corrected chi connectivity index (χ3v) is 4.66. The highest BCUT2D eigenvalue weighted by Gasteiger charge is 2.12. The molecule has 0 unspecified atom stereocenters. The molecule has 0 fully saturated rings. The Morgan fingerprint density at radius 3 is 2.43 bits per heavy atom. The molecule has 140 valence electrons. The Bertz CT molecular complexity index is 1090. The van der Waals surface area contributed by atoms with Crippen LogP contribution in [0.4, 0.5) is 4.39 Å². The molecule has 0 aliphatic heterocycles. The molecule has 0 aliphatic carbocycles. The van der Waals surface area contributed by atoms with Crippen LogP contribution in [-0.4, -0.2) is 22.0 Å². The maximum atomic E-state index is 13.0. The molecule has 4 nitrogen and oxygen atoms in total. The van der Waals surface area contributed by atoms with Crippen LogP contribution >= 0.6 is 0 Å². The Balaban J connectivity index is 1.51. The summed E-state index contributed by atoms with van der Waals surface area (Å²) >= 11 is 0. The van der Waals surface area contributed by atoms with E-state index in [-0.39, 0.29) is 11.7 Å². The van der Waals surface area contributed by atoms with Gasteiger partial charge in [0.1, 0.15) is 11.6 Å². The number of nitrogens with zero attached hydrogens (tertiary/aromatic N) is 2. The molecule has 0 saturated heterocycles. The van der Waals surface area contributed by atoms with E-state index in [2.05, 4.69) is 28.1 Å². The maximum absolute atomic E-state index is 13.0. The van der Waals surface area contributed by atoms with Gasteiger partial charge in [-0.05, 0) is 42.0 Å². The van der Waals surface area contributed by atoms with E-state index in [1.54, 1.807) is 0 Å². The van der Waals surface area contributed by atoms with Crippen molar-refractivity contribution in [1.82, 2.24) is 14.9 Å². The van der Waals surface area contributed by atoms with Gasteiger partial charge in [-0.2, -0.15) is 0 Å². The highest BCUT2D eigenvalue weighted by Crippen LogP contribution is 2.18. The van der Waals surface area contributed by atoms with E-state index in [9.17, 15) is 9.18 Å². The third-order valence-electron chi connectivity index (χ3n) is 4.66. The first-order valence-electron chi connectivity index (χ1n) is 9.22. The van der Waals surface area contributed by atoms with Gasteiger partial charge in [-0.1, -0.05) is 42.5 Å². The first-order valence-corrected chi connectivity index (χ1v) is 9.22. The lowest BCUT2D eigenvalue weighted by Gasteiger charge is -2.10. The van der Waals surface area contributed by atoms with Gasteiger partial charge in [0.2, 0.25) is 0 Å². The van der Waals surface area contributed by atoms with Gasteiger partial charge in [-0.25, -0.2) is 9.37 Å². The Morgan fingerprint density at radius 1 is 0.929 bits per heavy atom. The predicted molar refractivity (Wildman–Crippen MR) is 108 cm³/mol. The lowest BCUT2D eigenvalue weighted by molar-refractivity contribution is 0.0954. The van der Waals surface area contributed by atoms with Crippen LogP contribution in [0.2, 0.25) is 0 Å². The first kappa shape index (κ1) is 17.9. The number of nitrogens with one attached hydrogen (secondary N) is 1. The number of carbonyl (C=O) groups is 1. The molecule has 0 radical (unpaired) electrons. The largest absolute Gasteiger partial charge is 0.352 e. The number of hydrogen-bond acceptors (Lipinski definition) is 2. The summed E-state index contributed by atoms with van der Waals surface area (Å²) in [7, 11) is 0. The second-order valence-electron chi connectivity index (χ2n) is 6.60. The molecule has 5 heteroatoms. The topological polar surface area (TPSA) is 46.9 Å². The van der Waals surface area contributed by atoms with Crippen LogP contribution < -0.4 is 5.32 Å². The van der Waals surface area contributed by atoms with Crippen LogP contribution in [0.1, 0.15) is 21.7 Å². The highest BCUT2D eigenvalue weighted by atomic mass is 19.1. The lowest BCUT2D eigenvalue weighted by atomic mass is 10.2. The van der Waals surface area contributed by atoms with Gasteiger partial charge in [0.15, 0.2) is 0 Å². The number of para-hydroxylation sites is 2. The van der Waals surface area contributed by atoms with Crippen LogP contribution in [-0.2, 0) is 13.0 Å². The van der Waals surface area contributed by atoms with Gasteiger partial charge < -0.3 is 9.88 Å². The van der Waals surface area contributed by atoms with E-state index in [0.29, 0.717) is 18.5 Å². The van der Waals surface area contributed by atoms with E-state index in [1.807, 2.05) is 36.4 Å². The van der Waals surface area contributed by atoms with E-state index in [1.165, 1.54) is 29.8 Å². The van der Waals surface area contributed by atoms with E-state index < -0.39 is 0 Å². The molecule has 0 atom stereocenters. The standard InChI is InChI=1S/C23H20FN3O/c24-19-12-10-18(11-13-19)23(28)25-15-14-22-26-20-8-4-5-9-21(20)27(22)16-17-6-2-1-3-7-17/h1-13H,14-16H2,(H,25,28). The predicted octanol–water partition coefficient (Wildman–Crippen LogP) is 4.20. The zero-order valence-electron chi connectivity index (χ0n) is 15.3. The Kier molecular flexibility index (Phi) is 5.15. The fourth-order valence-corrected chi connectivity index (χ4v) is 3.25. The van der Waals surface area contributed by atoms with E-state index >= 15 is 0 Å². The van der Waals surface area contributed by atoms with Crippen molar-refractivity contribution in [3.05, 3.63) is 102 Å². The molecule has 1 aromatic heterocycles. The van der Waals surface area contributed by atoms with Gasteiger partial charge >= 0.3 is 0 Å². The Morgan fingerprint density at radius 2 is 1.64 bits per heavy atom. The van der Waals surface area contributed by atoms with Gasteiger partial charge in [-0.15, -0.1) is 0 Å². The summed E-state index contributed by atoms with van der Waals surface area (Å²) in [6.07, 6.45) is 0.606. The van der Waals surface area contributed by atoms with Gasteiger partial charge in [0.25, 0.3) is 5.91 Å². The summed E-state index contributed by atoms with van der Waals surface area (Å²) in [6, 6.07) is 23.8. The summed E-state index contributed by atoms with van der Waals surface area (Å²) in [5.74, 6) is 0.348. The highest BCUT2D eigenvalue weighted by molar-refractivity contribution is 5.94. The minimum absolute atomic E-state index is 0.217. The Hall–Kier alpha value is -3.47. The third kappa shape index (κ3) is 3.93. The van der Waals surface area contributed by atoms with E-state index in [0.717, 1.165) is 23.4 Å². The number of imidazole rings is 1. The second-order valence-corrected chi connectivity index (χ2v) is 6.60. The molecule has 28 heavy (non-hydrogen) atoms. The van der Waals surface area contributed by atoms with Crippen molar-refractivity contribution in [2.45, 2.75) is 13.0 Å². The minimum atomic E-state index is -0.355. The molecular formula is C23H20FN3O. The SMILES string of the molecule is O=C(NCCc1nc2ccccc2n1Cc1ccccc1)c1ccc(F)cc1. The number of amides is 1. The zero-order valence-corrected chi connectivity index (χ0v) is 15.3. The van der Waals surface area contributed by atoms with Crippen LogP contribution in [0, 0.1) is 5.82 Å². The average molecular weight is 373 g/mol. The first-order chi connectivity index (χ1) is 13.7. The van der Waals surface area contributed by atoms with Gasteiger partial charge in [-0.3, -0.25) is 4.79 Å². The van der Waals surface area contributed by atoms with Gasteiger partial charge in [0.05, 0.1) is 11.0 Å². The summed E-state index contributed by atoms with van der Waals surface area (Å²) in [5, 5.41) is 2.89. The lowest BCUT2D eigenvalue weighted by Crippen LogP contribution is -2.26. The van der Waals surface area contributed by atoms with Crippen molar-refractivity contribution in [3.63, 3.8) is 0 Å². The van der Waals surface area contributed by atoms with Crippen molar-refractivity contribution in [3.8, 4) is 0 Å². The fourth-order valence-electron chi connectivity index (χ4n) is 3.25. The number of fused-ring (bicyclic) bond motifs is 1. The number of hydrogen-bond donors (Lipinski definition) is 1. The number of aromatic nitrogens is 2. The maximum Gasteiger partial charge on any atom is 0.251 e. The van der Waals surface area contributed by atoms with Crippen molar-refractivity contribution in [2.24, 2.45) is 0 Å². The van der Waals surface area contributed by atoms with Crippen LogP contribution in [0.5, 0.6) is 0 Å². The number of carbonyl (C=O) groups excluding carboxylic acids is 1. The number of benzene rings is 3. The normalized spacial score (nSPS) is 10.9. The molecule has 0 aliphatic rings. The Labute approximate surface area is 162 Å². The molecule has 1 heterocycles. The summed E-state index contributed by atoms with van der Waals surface area (Å²) < 4.78 is 15.2. The fraction of sp³-hybridized carbons (Fsp3) is 0.130. The molecule has 0 spiro atoms. The molecule has 0 bridgehead atoms. The van der Waals surface area contributed by atoms with Crippen LogP contribution in [0.3, 0.4) is 0 Å². The zero-order chi connectivity index (χ0) is 19.3. The van der Waals surface area contributed by atoms with Crippen LogP contribution in [0.15, 0.2) is 78.9 Å². The summed E-state index contributed by atoms with van der Waals surface area (Å²) in [6.45, 7) is 1.18. The van der Waals surface area contributed by atoms with Crippen molar-refractivity contribution < 1.29 is 9.18 Å². The summed E-state index contributed by atoms with van der Waals surface area (Å²) in [4.78, 5) is 17.0. The molecule has 4 rings (SSSR count). The number of rotatable bonds is 6. The second kappa shape index (κ2) is 8.05. The van der Waals surface area contributed by atoms with Gasteiger partial charge in [0, 0.05) is 25.1 Å². The quantitative estimate of drug-likeness (QED) is 0.551. The smallest absolute Gasteiger partial charge is 0.251 e. The molecule has 4 aromatic rings. The minimum Gasteiger partial charge on any atom is -0.352 e. The van der Waals surface area contributed by atoms with Crippen LogP contribution in [0.25, 0.3) is 11.0 Å². The van der Waals surface area contributed by atoms with E-state index in [4.69, 9.17) is 4.98 Å². The molecule has 3 aromatic carbocycles.